The molecule has 7 heteroatoms. The minimum atomic E-state index is -0.435. The molecular weight excluding hydrogens is 452 g/mol. The van der Waals surface area contributed by atoms with Gasteiger partial charge in [0.2, 0.25) is 5.91 Å². The van der Waals surface area contributed by atoms with Gasteiger partial charge in [-0.3, -0.25) is 14.4 Å². The summed E-state index contributed by atoms with van der Waals surface area (Å²) in [5, 5.41) is 2.98. The van der Waals surface area contributed by atoms with E-state index in [1.165, 1.54) is 0 Å². The van der Waals surface area contributed by atoms with E-state index in [-0.39, 0.29) is 17.7 Å². The number of carbonyl (C=O) groups is 3. The summed E-state index contributed by atoms with van der Waals surface area (Å²) in [5.74, 6) is -0.328. The van der Waals surface area contributed by atoms with Gasteiger partial charge in [-0.2, -0.15) is 0 Å². The van der Waals surface area contributed by atoms with Crippen molar-refractivity contribution in [3.8, 4) is 0 Å². The Kier molecular flexibility index (Phi) is 6.46. The molecule has 1 saturated heterocycles. The van der Waals surface area contributed by atoms with Gasteiger partial charge in [0.1, 0.15) is 6.04 Å². The van der Waals surface area contributed by atoms with Gasteiger partial charge in [-0.1, -0.05) is 36.4 Å². The fourth-order valence-electron chi connectivity index (χ4n) is 4.96. The second-order valence-corrected chi connectivity index (χ2v) is 9.54. The minimum Gasteiger partial charge on any atom is -0.378 e. The minimum absolute atomic E-state index is 0.0678. The first kappa shape index (κ1) is 23.6. The van der Waals surface area contributed by atoms with Crippen molar-refractivity contribution in [1.29, 1.82) is 0 Å². The number of nitrogens with zero attached hydrogens (tertiary/aromatic N) is 3. The summed E-state index contributed by atoms with van der Waals surface area (Å²) in [4.78, 5) is 45.0. The van der Waals surface area contributed by atoms with E-state index in [4.69, 9.17) is 0 Å². The molecule has 0 radical (unpaired) electrons. The number of amides is 3. The molecule has 0 aromatic heterocycles. The van der Waals surface area contributed by atoms with Gasteiger partial charge >= 0.3 is 0 Å². The number of fused-ring (bicyclic) bond motifs is 2. The van der Waals surface area contributed by atoms with Crippen LogP contribution in [0.1, 0.15) is 44.7 Å². The third-order valence-corrected chi connectivity index (χ3v) is 6.93. The molecule has 5 rings (SSSR count). The molecule has 1 fully saturated rings. The van der Waals surface area contributed by atoms with Gasteiger partial charge in [-0.25, -0.2) is 0 Å². The molecule has 3 aromatic carbocycles. The Hall–Kier alpha value is -4.13. The second-order valence-electron chi connectivity index (χ2n) is 9.54. The lowest BCUT2D eigenvalue weighted by atomic mass is 10.1. The lowest BCUT2D eigenvalue weighted by Gasteiger charge is -2.26. The SMILES string of the molecule is CN(C)c1ccc(CNC(=O)c2cccc(CN3C(=O)[C@@H]4CCCN4C(=O)c4ccccc43)c2)cc1. The van der Waals surface area contributed by atoms with E-state index in [2.05, 4.69) is 5.32 Å². The van der Waals surface area contributed by atoms with E-state index in [1.54, 1.807) is 21.9 Å². The van der Waals surface area contributed by atoms with Crippen LogP contribution >= 0.6 is 0 Å². The quantitative estimate of drug-likeness (QED) is 0.580. The predicted molar refractivity (Wildman–Crippen MR) is 140 cm³/mol. The average Bonchev–Trinajstić information content (AvgIpc) is 3.37. The second kappa shape index (κ2) is 9.85. The van der Waals surface area contributed by atoms with Crippen LogP contribution in [-0.4, -0.2) is 49.3 Å². The molecule has 36 heavy (non-hydrogen) atoms. The number of nitrogens with one attached hydrogen (secondary N) is 1. The predicted octanol–water partition coefficient (Wildman–Crippen LogP) is 3.83. The van der Waals surface area contributed by atoms with Crippen LogP contribution in [-0.2, 0) is 17.9 Å². The first-order valence-electron chi connectivity index (χ1n) is 12.3. The van der Waals surface area contributed by atoms with Crippen molar-refractivity contribution in [2.75, 3.05) is 30.4 Å². The van der Waals surface area contributed by atoms with Crippen molar-refractivity contribution in [3.05, 3.63) is 95.1 Å². The number of carbonyl (C=O) groups excluding carboxylic acids is 3. The number of rotatable bonds is 6. The Morgan fingerprint density at radius 3 is 2.53 bits per heavy atom. The van der Waals surface area contributed by atoms with Crippen LogP contribution in [0.2, 0.25) is 0 Å². The summed E-state index contributed by atoms with van der Waals surface area (Å²) in [5.41, 5.74) is 4.65. The van der Waals surface area contributed by atoms with Gasteiger partial charge in [0.15, 0.2) is 0 Å². The van der Waals surface area contributed by atoms with Crippen LogP contribution in [0.15, 0.2) is 72.8 Å². The number of para-hydroxylation sites is 1. The van der Waals surface area contributed by atoms with Crippen LogP contribution in [0.4, 0.5) is 11.4 Å². The average molecular weight is 483 g/mol. The number of anilines is 2. The molecule has 0 saturated carbocycles. The normalized spacial score (nSPS) is 16.9. The fraction of sp³-hybridized carbons (Fsp3) is 0.276. The van der Waals surface area contributed by atoms with Gasteiger partial charge in [-0.15, -0.1) is 0 Å². The highest BCUT2D eigenvalue weighted by Crippen LogP contribution is 2.33. The summed E-state index contributed by atoms with van der Waals surface area (Å²) in [6, 6.07) is 22.2. The van der Waals surface area contributed by atoms with Crippen molar-refractivity contribution in [2.45, 2.75) is 32.0 Å². The van der Waals surface area contributed by atoms with Gasteiger partial charge in [0.05, 0.1) is 17.8 Å². The Balaban J connectivity index is 1.34. The topological polar surface area (TPSA) is 73.0 Å². The van der Waals surface area contributed by atoms with Crippen LogP contribution in [0.25, 0.3) is 0 Å². The van der Waals surface area contributed by atoms with Gasteiger partial charge in [0.25, 0.3) is 11.8 Å². The lowest BCUT2D eigenvalue weighted by molar-refractivity contribution is -0.122. The molecule has 2 heterocycles. The number of hydrogen-bond acceptors (Lipinski definition) is 4. The zero-order valence-corrected chi connectivity index (χ0v) is 20.6. The lowest BCUT2D eigenvalue weighted by Crippen LogP contribution is -2.44. The Morgan fingerprint density at radius 2 is 1.75 bits per heavy atom. The Bertz CT molecular complexity index is 1300. The zero-order chi connectivity index (χ0) is 25.2. The molecule has 2 aliphatic rings. The first-order chi connectivity index (χ1) is 17.4. The number of benzene rings is 3. The van der Waals surface area contributed by atoms with E-state index < -0.39 is 6.04 Å². The first-order valence-corrected chi connectivity index (χ1v) is 12.3. The van der Waals surface area contributed by atoms with Crippen LogP contribution < -0.4 is 15.1 Å². The summed E-state index contributed by atoms with van der Waals surface area (Å²) >= 11 is 0. The molecule has 7 nitrogen and oxygen atoms in total. The van der Waals surface area contributed by atoms with Crippen molar-refractivity contribution >= 4 is 29.1 Å². The largest absolute Gasteiger partial charge is 0.378 e. The van der Waals surface area contributed by atoms with E-state index in [0.717, 1.165) is 23.2 Å². The van der Waals surface area contributed by atoms with Gasteiger partial charge in [0, 0.05) is 38.4 Å². The van der Waals surface area contributed by atoms with E-state index in [0.29, 0.717) is 42.9 Å². The highest BCUT2D eigenvalue weighted by Gasteiger charge is 2.41. The summed E-state index contributed by atoms with van der Waals surface area (Å²) in [6.45, 7) is 1.32. The van der Waals surface area contributed by atoms with E-state index in [1.807, 2.05) is 79.7 Å². The monoisotopic (exact) mass is 482 g/mol. The molecule has 2 aliphatic heterocycles. The molecule has 3 aromatic rings. The fourth-order valence-corrected chi connectivity index (χ4v) is 4.96. The van der Waals surface area contributed by atoms with E-state index in [9.17, 15) is 14.4 Å². The van der Waals surface area contributed by atoms with Gasteiger partial charge in [-0.05, 0) is 60.4 Å². The van der Waals surface area contributed by atoms with Crippen molar-refractivity contribution in [3.63, 3.8) is 0 Å². The molecule has 0 aliphatic carbocycles. The number of hydrogen-bond donors (Lipinski definition) is 1. The standard InChI is InChI=1S/C29H30N4O3/c1-31(2)23-14-12-20(13-15-23)18-30-27(34)22-8-5-7-21(17-22)19-33-25-10-4-3-9-24(25)28(35)32-16-6-11-26(32)29(33)36/h3-5,7-10,12-15,17,26H,6,11,16,18-19H2,1-2H3,(H,30,34)/t26-/m0/s1. The molecule has 0 spiro atoms. The Morgan fingerprint density at radius 1 is 0.972 bits per heavy atom. The third kappa shape index (κ3) is 4.56. The molecule has 3 amide bonds. The van der Waals surface area contributed by atoms with Crippen molar-refractivity contribution < 1.29 is 14.4 Å². The third-order valence-electron chi connectivity index (χ3n) is 6.93. The molecule has 1 N–H and O–H groups in total. The van der Waals surface area contributed by atoms with Crippen LogP contribution in [0.5, 0.6) is 0 Å². The zero-order valence-electron chi connectivity index (χ0n) is 20.6. The molecule has 184 valence electrons. The molecular formula is C29H30N4O3. The molecule has 0 unspecified atom stereocenters. The maximum absolute atomic E-state index is 13.5. The van der Waals surface area contributed by atoms with Crippen LogP contribution in [0.3, 0.4) is 0 Å². The summed E-state index contributed by atoms with van der Waals surface area (Å²) in [6.07, 6.45) is 1.50. The van der Waals surface area contributed by atoms with Crippen molar-refractivity contribution in [1.82, 2.24) is 10.2 Å². The molecule has 0 bridgehead atoms. The maximum Gasteiger partial charge on any atom is 0.256 e. The summed E-state index contributed by atoms with van der Waals surface area (Å²) in [7, 11) is 3.98. The van der Waals surface area contributed by atoms with Crippen LogP contribution in [0, 0.1) is 0 Å². The molecule has 1 atom stereocenters. The van der Waals surface area contributed by atoms with Gasteiger partial charge < -0.3 is 20.0 Å². The maximum atomic E-state index is 13.5. The Labute approximate surface area is 211 Å². The highest BCUT2D eigenvalue weighted by atomic mass is 16.2. The highest BCUT2D eigenvalue weighted by molar-refractivity contribution is 6.11. The van der Waals surface area contributed by atoms with E-state index >= 15 is 0 Å². The van der Waals surface area contributed by atoms with Crippen molar-refractivity contribution in [2.24, 2.45) is 0 Å². The smallest absolute Gasteiger partial charge is 0.256 e. The summed E-state index contributed by atoms with van der Waals surface area (Å²) < 4.78 is 0.